The van der Waals surface area contributed by atoms with E-state index in [1.807, 2.05) is 30.2 Å². The first kappa shape index (κ1) is 16.1. The molecule has 1 unspecified atom stereocenters. The number of carbonyl (C=O) groups excluding carboxylic acids is 1. The van der Waals surface area contributed by atoms with E-state index in [1.54, 1.807) is 11.3 Å². The number of hydrogen-bond donors (Lipinski definition) is 2. The maximum absolute atomic E-state index is 12.8. The van der Waals surface area contributed by atoms with E-state index in [2.05, 4.69) is 21.6 Å². The zero-order chi connectivity index (χ0) is 16.2. The fourth-order valence-corrected chi connectivity index (χ4v) is 4.02. The van der Waals surface area contributed by atoms with Crippen LogP contribution in [0.1, 0.15) is 53.6 Å². The molecule has 0 aromatic carbocycles. The molecule has 124 valence electrons. The van der Waals surface area contributed by atoms with Crippen LogP contribution in [0.25, 0.3) is 0 Å². The number of carbonyl (C=O) groups is 1. The van der Waals surface area contributed by atoms with Gasteiger partial charge in [-0.05, 0) is 38.1 Å². The van der Waals surface area contributed by atoms with Gasteiger partial charge in [-0.3, -0.25) is 5.10 Å². The van der Waals surface area contributed by atoms with Gasteiger partial charge in [-0.15, -0.1) is 11.3 Å². The number of amides is 2. The molecule has 1 fully saturated rings. The molecule has 6 heteroatoms. The molecule has 2 aromatic heterocycles. The second kappa shape index (κ2) is 7.17. The smallest absolute Gasteiger partial charge is 0.318 e. The SMILES string of the molecule is Cc1n[nH]c(C)c1C1CCCCCN1C(=O)NCc1cccs1. The van der Waals surface area contributed by atoms with Crippen LogP contribution in [-0.4, -0.2) is 27.7 Å². The minimum absolute atomic E-state index is 0.0327. The molecule has 2 amide bonds. The normalized spacial score (nSPS) is 18.7. The van der Waals surface area contributed by atoms with Crippen molar-refractivity contribution < 1.29 is 4.79 Å². The first-order valence-corrected chi connectivity index (χ1v) is 9.13. The third-order valence-electron chi connectivity index (χ3n) is 4.53. The molecule has 0 radical (unpaired) electrons. The number of hydrogen-bond acceptors (Lipinski definition) is 3. The molecule has 1 saturated heterocycles. The highest BCUT2D eigenvalue weighted by atomic mass is 32.1. The summed E-state index contributed by atoms with van der Waals surface area (Å²) < 4.78 is 0. The largest absolute Gasteiger partial charge is 0.333 e. The van der Waals surface area contributed by atoms with Crippen molar-refractivity contribution in [1.29, 1.82) is 0 Å². The number of nitrogens with zero attached hydrogens (tertiary/aromatic N) is 2. The topological polar surface area (TPSA) is 61.0 Å². The van der Waals surface area contributed by atoms with E-state index < -0.39 is 0 Å². The Labute approximate surface area is 141 Å². The highest BCUT2D eigenvalue weighted by Crippen LogP contribution is 2.33. The van der Waals surface area contributed by atoms with Gasteiger partial charge in [-0.1, -0.05) is 18.9 Å². The fourth-order valence-electron chi connectivity index (χ4n) is 3.38. The van der Waals surface area contributed by atoms with Crippen molar-refractivity contribution in [1.82, 2.24) is 20.4 Å². The average Bonchev–Trinajstić information content (AvgIpc) is 3.09. The minimum atomic E-state index is 0.0327. The molecule has 1 aliphatic rings. The number of aromatic nitrogens is 2. The second-order valence-electron chi connectivity index (χ2n) is 6.14. The van der Waals surface area contributed by atoms with Crippen molar-refractivity contribution in [2.24, 2.45) is 0 Å². The summed E-state index contributed by atoms with van der Waals surface area (Å²) >= 11 is 1.67. The maximum atomic E-state index is 12.8. The summed E-state index contributed by atoms with van der Waals surface area (Å²) in [5, 5.41) is 12.5. The summed E-state index contributed by atoms with van der Waals surface area (Å²) in [5.41, 5.74) is 3.27. The van der Waals surface area contributed by atoms with Crippen molar-refractivity contribution >= 4 is 17.4 Å². The Balaban J connectivity index is 1.77. The van der Waals surface area contributed by atoms with Gasteiger partial charge in [0.15, 0.2) is 0 Å². The zero-order valence-corrected chi connectivity index (χ0v) is 14.6. The standard InChI is InChI=1S/C17H24N4OS/c1-12-16(13(2)20-19-12)15-8-4-3-5-9-21(15)17(22)18-11-14-7-6-10-23-14/h6-7,10,15H,3-5,8-9,11H2,1-2H3,(H,18,22)(H,19,20). The predicted octanol–water partition coefficient (Wildman–Crippen LogP) is 3.91. The first-order valence-electron chi connectivity index (χ1n) is 8.25. The lowest BCUT2D eigenvalue weighted by molar-refractivity contribution is 0.175. The van der Waals surface area contributed by atoms with Crippen LogP contribution in [0.5, 0.6) is 0 Å². The number of likely N-dealkylation sites (tertiary alicyclic amines) is 1. The summed E-state index contributed by atoms with van der Waals surface area (Å²) in [7, 11) is 0. The molecule has 3 rings (SSSR count). The Bertz CT molecular complexity index is 630. The van der Waals surface area contributed by atoms with Gasteiger partial charge < -0.3 is 10.2 Å². The summed E-state index contributed by atoms with van der Waals surface area (Å²) in [6, 6.07) is 4.22. The summed E-state index contributed by atoms with van der Waals surface area (Å²) in [6.45, 7) is 5.47. The monoisotopic (exact) mass is 332 g/mol. The van der Waals surface area contributed by atoms with Crippen LogP contribution in [0.15, 0.2) is 17.5 Å². The van der Waals surface area contributed by atoms with Crippen molar-refractivity contribution in [2.45, 2.75) is 52.1 Å². The molecule has 2 aromatic rings. The first-order chi connectivity index (χ1) is 11.2. The summed E-state index contributed by atoms with van der Waals surface area (Å²) in [6.07, 6.45) is 4.41. The molecular formula is C17H24N4OS. The molecule has 23 heavy (non-hydrogen) atoms. The zero-order valence-electron chi connectivity index (χ0n) is 13.8. The number of aromatic amines is 1. The van der Waals surface area contributed by atoms with Gasteiger partial charge in [0.1, 0.15) is 0 Å². The molecule has 1 aliphatic heterocycles. The lowest BCUT2D eigenvalue weighted by atomic mass is 9.99. The number of thiophene rings is 1. The molecule has 0 spiro atoms. The van der Waals surface area contributed by atoms with Crippen LogP contribution in [0.3, 0.4) is 0 Å². The van der Waals surface area contributed by atoms with E-state index in [4.69, 9.17) is 0 Å². The maximum Gasteiger partial charge on any atom is 0.318 e. The van der Waals surface area contributed by atoms with Gasteiger partial charge in [0.05, 0.1) is 18.3 Å². The molecule has 3 heterocycles. The lowest BCUT2D eigenvalue weighted by Gasteiger charge is -2.30. The van der Waals surface area contributed by atoms with Crippen LogP contribution in [0, 0.1) is 13.8 Å². The number of aryl methyl sites for hydroxylation is 2. The Morgan fingerprint density at radius 3 is 3.00 bits per heavy atom. The van der Waals surface area contributed by atoms with Crippen LogP contribution < -0.4 is 5.32 Å². The van der Waals surface area contributed by atoms with E-state index in [1.165, 1.54) is 16.9 Å². The van der Waals surface area contributed by atoms with Gasteiger partial charge in [0.25, 0.3) is 0 Å². The van der Waals surface area contributed by atoms with Gasteiger partial charge >= 0.3 is 6.03 Å². The quantitative estimate of drug-likeness (QED) is 0.895. The van der Waals surface area contributed by atoms with E-state index in [0.29, 0.717) is 6.54 Å². The third-order valence-corrected chi connectivity index (χ3v) is 5.40. The van der Waals surface area contributed by atoms with Gasteiger partial charge in [0.2, 0.25) is 0 Å². The Morgan fingerprint density at radius 2 is 2.30 bits per heavy atom. The van der Waals surface area contributed by atoms with Crippen molar-refractivity contribution in [2.75, 3.05) is 6.54 Å². The van der Waals surface area contributed by atoms with Crippen LogP contribution in [0.2, 0.25) is 0 Å². The highest BCUT2D eigenvalue weighted by molar-refractivity contribution is 7.09. The second-order valence-corrected chi connectivity index (χ2v) is 7.18. The lowest BCUT2D eigenvalue weighted by Crippen LogP contribution is -2.42. The Hall–Kier alpha value is -1.82. The number of rotatable bonds is 3. The van der Waals surface area contributed by atoms with E-state index in [0.717, 1.165) is 37.2 Å². The summed E-state index contributed by atoms with van der Waals surface area (Å²) in [4.78, 5) is 15.9. The number of urea groups is 1. The molecule has 0 saturated carbocycles. The summed E-state index contributed by atoms with van der Waals surface area (Å²) in [5.74, 6) is 0. The third kappa shape index (κ3) is 3.58. The number of H-pyrrole nitrogens is 1. The van der Waals surface area contributed by atoms with Gasteiger partial charge in [-0.25, -0.2) is 4.79 Å². The fraction of sp³-hybridized carbons (Fsp3) is 0.529. The molecule has 0 bridgehead atoms. The molecule has 0 aliphatic carbocycles. The Kier molecular flexibility index (Phi) is 5.00. The van der Waals surface area contributed by atoms with E-state index in [-0.39, 0.29) is 12.1 Å². The molecule has 2 N–H and O–H groups in total. The van der Waals surface area contributed by atoms with Crippen molar-refractivity contribution in [3.8, 4) is 0 Å². The van der Waals surface area contributed by atoms with Crippen LogP contribution in [0.4, 0.5) is 4.79 Å². The van der Waals surface area contributed by atoms with Crippen molar-refractivity contribution in [3.63, 3.8) is 0 Å². The predicted molar refractivity (Wildman–Crippen MR) is 92.5 cm³/mol. The highest BCUT2D eigenvalue weighted by Gasteiger charge is 2.30. The van der Waals surface area contributed by atoms with Crippen molar-refractivity contribution in [3.05, 3.63) is 39.3 Å². The minimum Gasteiger partial charge on any atom is -0.333 e. The van der Waals surface area contributed by atoms with E-state index in [9.17, 15) is 4.79 Å². The number of nitrogens with one attached hydrogen (secondary N) is 2. The molecule has 1 atom stereocenters. The molecule has 5 nitrogen and oxygen atoms in total. The van der Waals surface area contributed by atoms with Gasteiger partial charge in [0, 0.05) is 22.7 Å². The van der Waals surface area contributed by atoms with Crippen LogP contribution in [-0.2, 0) is 6.54 Å². The van der Waals surface area contributed by atoms with E-state index >= 15 is 0 Å². The average molecular weight is 332 g/mol. The Morgan fingerprint density at radius 1 is 1.43 bits per heavy atom. The molecular weight excluding hydrogens is 308 g/mol. The van der Waals surface area contributed by atoms with Gasteiger partial charge in [-0.2, -0.15) is 5.10 Å². The van der Waals surface area contributed by atoms with Crippen LogP contribution >= 0.6 is 11.3 Å².